The molecule has 6 heteroatoms. The lowest BCUT2D eigenvalue weighted by molar-refractivity contribution is 0.386. The first-order valence-electron chi connectivity index (χ1n) is 5.97. The summed E-state index contributed by atoms with van der Waals surface area (Å²) < 4.78 is 0. The normalized spacial score (nSPS) is 28.8. The van der Waals surface area contributed by atoms with Crippen molar-refractivity contribution in [1.29, 1.82) is 0 Å². The van der Waals surface area contributed by atoms with Crippen molar-refractivity contribution in [2.75, 3.05) is 31.6 Å². The Bertz CT molecular complexity index is 438. The van der Waals surface area contributed by atoms with E-state index in [1.165, 1.54) is 13.0 Å². The van der Waals surface area contributed by atoms with Crippen molar-refractivity contribution in [1.82, 2.24) is 20.1 Å². The van der Waals surface area contributed by atoms with Gasteiger partial charge in [-0.05, 0) is 26.3 Å². The van der Waals surface area contributed by atoms with Gasteiger partial charge in [-0.15, -0.1) is 10.2 Å². The third-order valence-corrected chi connectivity index (χ3v) is 4.13. The molecule has 0 radical (unpaired) electrons. The Morgan fingerprint density at radius 3 is 2.88 bits per heavy atom. The molecule has 2 unspecified atom stereocenters. The molecule has 0 spiro atoms. The highest BCUT2D eigenvalue weighted by Crippen LogP contribution is 2.32. The van der Waals surface area contributed by atoms with Gasteiger partial charge in [0.05, 0.1) is 5.69 Å². The zero-order valence-electron chi connectivity index (χ0n) is 10.1. The summed E-state index contributed by atoms with van der Waals surface area (Å²) in [4.78, 5) is 9.10. The molecule has 0 amide bonds. The number of aromatic nitrogens is 3. The van der Waals surface area contributed by atoms with Crippen molar-refractivity contribution in [3.05, 3.63) is 10.8 Å². The minimum atomic E-state index is 0.396. The van der Waals surface area contributed by atoms with Crippen LogP contribution in [0.2, 0.25) is 5.15 Å². The monoisotopic (exact) mass is 253 g/mol. The van der Waals surface area contributed by atoms with E-state index in [-0.39, 0.29) is 0 Å². The Labute approximate surface area is 106 Å². The molecule has 3 heterocycles. The molecule has 92 valence electrons. The van der Waals surface area contributed by atoms with Crippen LogP contribution in [0.1, 0.15) is 12.1 Å². The molecule has 1 aromatic rings. The Kier molecular flexibility index (Phi) is 2.67. The molecule has 2 atom stereocenters. The van der Waals surface area contributed by atoms with E-state index in [1.54, 1.807) is 0 Å². The van der Waals surface area contributed by atoms with E-state index in [0.717, 1.165) is 30.6 Å². The number of fused-ring (bicyclic) bond motifs is 1. The average molecular weight is 254 g/mol. The second-order valence-corrected chi connectivity index (χ2v) is 5.38. The zero-order chi connectivity index (χ0) is 12.0. The van der Waals surface area contributed by atoms with E-state index >= 15 is 0 Å². The summed E-state index contributed by atoms with van der Waals surface area (Å²) >= 11 is 5.86. The first-order chi connectivity index (χ1) is 8.15. The maximum atomic E-state index is 5.86. The number of likely N-dealkylation sites (tertiary alicyclic amines) is 1. The van der Waals surface area contributed by atoms with E-state index in [2.05, 4.69) is 32.0 Å². The number of hydrogen-bond acceptors (Lipinski definition) is 5. The Morgan fingerprint density at radius 1 is 1.29 bits per heavy atom. The topological polar surface area (TPSA) is 45.2 Å². The molecule has 5 nitrogen and oxygen atoms in total. The highest BCUT2D eigenvalue weighted by atomic mass is 35.5. The van der Waals surface area contributed by atoms with Crippen LogP contribution in [0.5, 0.6) is 0 Å². The van der Waals surface area contributed by atoms with Crippen LogP contribution >= 0.6 is 11.6 Å². The second-order valence-electron chi connectivity index (χ2n) is 5.02. The maximum Gasteiger partial charge on any atom is 0.245 e. The lowest BCUT2D eigenvalue weighted by Crippen LogP contribution is -2.36. The fourth-order valence-corrected chi connectivity index (χ4v) is 3.00. The largest absolute Gasteiger partial charge is 0.335 e. The van der Waals surface area contributed by atoms with Crippen LogP contribution in [0.15, 0.2) is 0 Å². The van der Waals surface area contributed by atoms with Crippen molar-refractivity contribution in [2.45, 2.75) is 19.4 Å². The first kappa shape index (κ1) is 11.2. The van der Waals surface area contributed by atoms with Crippen molar-refractivity contribution < 1.29 is 0 Å². The van der Waals surface area contributed by atoms with Crippen molar-refractivity contribution in [3.63, 3.8) is 0 Å². The molecule has 0 aliphatic carbocycles. The van der Waals surface area contributed by atoms with Gasteiger partial charge in [0.2, 0.25) is 5.95 Å². The third kappa shape index (κ3) is 1.87. The smallest absolute Gasteiger partial charge is 0.245 e. The van der Waals surface area contributed by atoms with Gasteiger partial charge in [-0.2, -0.15) is 0 Å². The average Bonchev–Trinajstić information content (AvgIpc) is 2.81. The summed E-state index contributed by atoms with van der Waals surface area (Å²) in [7, 11) is 2.17. The molecule has 2 aliphatic heterocycles. The van der Waals surface area contributed by atoms with Gasteiger partial charge in [-0.1, -0.05) is 11.6 Å². The van der Waals surface area contributed by atoms with Gasteiger partial charge >= 0.3 is 0 Å². The number of likely N-dealkylation sites (N-methyl/N-ethyl adjacent to an activating group) is 1. The van der Waals surface area contributed by atoms with Gasteiger partial charge in [0.25, 0.3) is 0 Å². The summed E-state index contributed by atoms with van der Waals surface area (Å²) in [5.41, 5.74) is 0.756. The summed E-state index contributed by atoms with van der Waals surface area (Å²) in [5.74, 6) is 1.48. The van der Waals surface area contributed by atoms with Gasteiger partial charge in [0, 0.05) is 25.7 Å². The molecule has 2 aliphatic rings. The summed E-state index contributed by atoms with van der Waals surface area (Å²) in [5, 5.41) is 8.47. The van der Waals surface area contributed by atoms with Gasteiger partial charge in [-0.25, -0.2) is 4.98 Å². The van der Waals surface area contributed by atoms with Crippen LogP contribution in [0.3, 0.4) is 0 Å². The van der Waals surface area contributed by atoms with Crippen LogP contribution in [0.4, 0.5) is 5.95 Å². The van der Waals surface area contributed by atoms with E-state index in [9.17, 15) is 0 Å². The molecule has 0 saturated carbocycles. The molecule has 2 saturated heterocycles. The molecule has 2 fully saturated rings. The van der Waals surface area contributed by atoms with Gasteiger partial charge in [-0.3, -0.25) is 0 Å². The van der Waals surface area contributed by atoms with Gasteiger partial charge in [0.1, 0.15) is 0 Å². The zero-order valence-corrected chi connectivity index (χ0v) is 10.9. The van der Waals surface area contributed by atoms with Crippen molar-refractivity contribution >= 4 is 17.5 Å². The Hall–Kier alpha value is -0.940. The first-order valence-corrected chi connectivity index (χ1v) is 6.35. The fraction of sp³-hybridized carbons (Fsp3) is 0.727. The molecule has 0 N–H and O–H groups in total. The lowest BCUT2D eigenvalue weighted by atomic mass is 10.1. The summed E-state index contributed by atoms with van der Waals surface area (Å²) in [6.07, 6.45) is 1.22. The van der Waals surface area contributed by atoms with E-state index in [4.69, 9.17) is 11.6 Å². The number of nitrogens with zero attached hydrogens (tertiary/aromatic N) is 5. The standard InChI is InChI=1S/C11H16ClN5/c1-7-10(12)14-15-11(13-7)17-4-3-8-5-16(2)6-9(8)17/h8-9H,3-6H2,1-2H3. The van der Waals surface area contributed by atoms with Gasteiger partial charge in [0.15, 0.2) is 5.15 Å². The van der Waals surface area contributed by atoms with Gasteiger partial charge < -0.3 is 9.80 Å². The molecule has 1 aromatic heterocycles. The van der Waals surface area contributed by atoms with E-state index in [1.807, 2.05) is 6.92 Å². The van der Waals surface area contributed by atoms with Crippen LogP contribution in [-0.2, 0) is 0 Å². The molecule has 0 bridgehead atoms. The Morgan fingerprint density at radius 2 is 2.12 bits per heavy atom. The number of hydrogen-bond donors (Lipinski definition) is 0. The summed E-state index contributed by atoms with van der Waals surface area (Å²) in [6.45, 7) is 5.18. The highest BCUT2D eigenvalue weighted by molar-refractivity contribution is 6.29. The quantitative estimate of drug-likeness (QED) is 0.747. The SMILES string of the molecule is Cc1nc(N2CCC3CN(C)CC32)nnc1Cl. The van der Waals surface area contributed by atoms with Crippen LogP contribution in [0.25, 0.3) is 0 Å². The number of anilines is 1. The highest BCUT2D eigenvalue weighted by Gasteiger charge is 2.41. The minimum Gasteiger partial charge on any atom is -0.335 e. The predicted molar refractivity (Wildman–Crippen MR) is 66.3 cm³/mol. The van der Waals surface area contributed by atoms with Crippen molar-refractivity contribution in [3.8, 4) is 0 Å². The fourth-order valence-electron chi connectivity index (χ4n) is 2.92. The molecule has 3 rings (SSSR count). The van der Waals surface area contributed by atoms with Crippen LogP contribution in [0, 0.1) is 12.8 Å². The number of aryl methyl sites for hydroxylation is 1. The second kappa shape index (κ2) is 4.07. The van der Waals surface area contributed by atoms with E-state index < -0.39 is 0 Å². The van der Waals surface area contributed by atoms with Crippen LogP contribution in [-0.4, -0.2) is 52.8 Å². The number of halogens is 1. The molecular weight excluding hydrogens is 238 g/mol. The third-order valence-electron chi connectivity index (χ3n) is 3.78. The predicted octanol–water partition coefficient (Wildman–Crippen LogP) is 0.974. The Balaban J connectivity index is 1.87. The molecule has 0 aromatic carbocycles. The number of rotatable bonds is 1. The lowest BCUT2D eigenvalue weighted by Gasteiger charge is -2.23. The molecule has 17 heavy (non-hydrogen) atoms. The van der Waals surface area contributed by atoms with E-state index in [0.29, 0.717) is 11.2 Å². The maximum absolute atomic E-state index is 5.86. The van der Waals surface area contributed by atoms with Crippen molar-refractivity contribution in [2.24, 2.45) is 5.92 Å². The van der Waals surface area contributed by atoms with Crippen LogP contribution < -0.4 is 4.90 Å². The minimum absolute atomic E-state index is 0.396. The summed E-state index contributed by atoms with van der Waals surface area (Å²) in [6, 6.07) is 0.544. The molecular formula is C11H16ClN5.